The number of alkyl halides is 1. The Kier molecular flexibility index (Phi) is 2.92. The lowest BCUT2D eigenvalue weighted by Crippen LogP contribution is -1.89. The quantitative estimate of drug-likeness (QED) is 0.797. The van der Waals surface area contributed by atoms with E-state index in [0.717, 1.165) is 5.56 Å². The molecule has 0 spiro atoms. The molecule has 0 aliphatic heterocycles. The van der Waals surface area contributed by atoms with Crippen LogP contribution in [0.25, 0.3) is 0 Å². The highest BCUT2D eigenvalue weighted by molar-refractivity contribution is 9.08. The van der Waals surface area contributed by atoms with Gasteiger partial charge in [0.2, 0.25) is 0 Å². The van der Waals surface area contributed by atoms with Crippen molar-refractivity contribution in [3.63, 3.8) is 0 Å². The highest BCUT2D eigenvalue weighted by atomic mass is 79.9. The van der Waals surface area contributed by atoms with Gasteiger partial charge in [0.05, 0.1) is 7.11 Å². The van der Waals surface area contributed by atoms with Crippen LogP contribution in [0.2, 0.25) is 0 Å². The summed E-state index contributed by atoms with van der Waals surface area (Å²) in [5.74, 6) is -0.949. The maximum atomic E-state index is 12.9. The van der Waals surface area contributed by atoms with Crippen molar-refractivity contribution >= 4 is 15.9 Å². The van der Waals surface area contributed by atoms with Gasteiger partial charge in [-0.15, -0.1) is 0 Å². The minimum Gasteiger partial charge on any atom is -0.502 e. The number of benzene rings is 1. The van der Waals surface area contributed by atoms with Crippen LogP contribution in [-0.2, 0) is 5.33 Å². The lowest BCUT2D eigenvalue weighted by atomic mass is 10.2. The molecule has 2 nitrogen and oxygen atoms in total. The van der Waals surface area contributed by atoms with Crippen LogP contribution in [0.5, 0.6) is 11.5 Å². The molecule has 0 unspecified atom stereocenters. The molecule has 0 saturated carbocycles. The second kappa shape index (κ2) is 3.76. The molecule has 1 aromatic rings. The van der Waals surface area contributed by atoms with Crippen molar-refractivity contribution in [2.24, 2.45) is 0 Å². The van der Waals surface area contributed by atoms with Crippen LogP contribution in [0, 0.1) is 5.82 Å². The molecule has 0 fully saturated rings. The summed E-state index contributed by atoms with van der Waals surface area (Å²) in [7, 11) is 1.38. The van der Waals surface area contributed by atoms with Gasteiger partial charge < -0.3 is 9.84 Å². The van der Waals surface area contributed by atoms with E-state index in [1.165, 1.54) is 13.2 Å². The fraction of sp³-hybridized carbons (Fsp3) is 0.250. The molecule has 0 aliphatic rings. The van der Waals surface area contributed by atoms with Crippen LogP contribution < -0.4 is 4.74 Å². The highest BCUT2D eigenvalue weighted by Gasteiger charge is 2.08. The second-order valence-corrected chi connectivity index (χ2v) is 2.82. The summed E-state index contributed by atoms with van der Waals surface area (Å²) < 4.78 is 17.6. The lowest BCUT2D eigenvalue weighted by Gasteiger charge is -2.05. The van der Waals surface area contributed by atoms with Crippen LogP contribution >= 0.6 is 15.9 Å². The van der Waals surface area contributed by atoms with E-state index in [9.17, 15) is 4.39 Å². The second-order valence-electron chi connectivity index (χ2n) is 2.26. The number of hydrogen-bond acceptors (Lipinski definition) is 2. The third kappa shape index (κ3) is 1.69. The standard InChI is InChI=1S/C8H8BrFO2/c1-12-7-3-5(4-9)2-6(10)8(7)11/h2-3,11H,4H2,1H3. The van der Waals surface area contributed by atoms with E-state index in [-0.39, 0.29) is 5.75 Å². The van der Waals surface area contributed by atoms with Crippen LogP contribution in [0.4, 0.5) is 4.39 Å². The zero-order valence-electron chi connectivity index (χ0n) is 6.47. The van der Waals surface area contributed by atoms with Gasteiger partial charge in [-0.1, -0.05) is 15.9 Å². The van der Waals surface area contributed by atoms with Crippen molar-refractivity contribution < 1.29 is 14.2 Å². The molecular weight excluding hydrogens is 227 g/mol. The summed E-state index contributed by atoms with van der Waals surface area (Å²) in [5, 5.41) is 9.63. The monoisotopic (exact) mass is 234 g/mol. The highest BCUT2D eigenvalue weighted by Crippen LogP contribution is 2.30. The summed E-state index contributed by atoms with van der Waals surface area (Å²) in [6.07, 6.45) is 0. The fourth-order valence-electron chi connectivity index (χ4n) is 0.860. The van der Waals surface area contributed by atoms with E-state index >= 15 is 0 Å². The summed E-state index contributed by atoms with van der Waals surface area (Å²) in [5.41, 5.74) is 0.724. The van der Waals surface area contributed by atoms with Crippen LogP contribution in [0.3, 0.4) is 0 Å². The van der Waals surface area contributed by atoms with Crippen molar-refractivity contribution in [3.05, 3.63) is 23.5 Å². The Morgan fingerprint density at radius 1 is 1.58 bits per heavy atom. The van der Waals surface area contributed by atoms with Gasteiger partial charge >= 0.3 is 0 Å². The van der Waals surface area contributed by atoms with Gasteiger partial charge in [0, 0.05) is 5.33 Å². The average Bonchev–Trinajstić information content (AvgIpc) is 2.09. The average molecular weight is 235 g/mol. The molecule has 0 bridgehead atoms. The normalized spacial score (nSPS) is 9.92. The largest absolute Gasteiger partial charge is 0.502 e. The minimum atomic E-state index is -0.663. The maximum absolute atomic E-state index is 12.9. The first kappa shape index (κ1) is 9.32. The predicted octanol–water partition coefficient (Wildman–Crippen LogP) is 2.43. The molecule has 0 aliphatic carbocycles. The summed E-state index contributed by atoms with van der Waals surface area (Å²) in [6, 6.07) is 2.83. The first-order valence-corrected chi connectivity index (χ1v) is 4.42. The van der Waals surface area contributed by atoms with E-state index in [4.69, 9.17) is 9.84 Å². The molecule has 0 aromatic heterocycles. The molecule has 12 heavy (non-hydrogen) atoms. The third-order valence-electron chi connectivity index (χ3n) is 1.46. The van der Waals surface area contributed by atoms with Crippen molar-refractivity contribution in [2.75, 3.05) is 7.11 Å². The first-order valence-electron chi connectivity index (χ1n) is 3.30. The van der Waals surface area contributed by atoms with Gasteiger partial charge in [0.15, 0.2) is 17.3 Å². The molecule has 0 amide bonds. The van der Waals surface area contributed by atoms with Crippen LogP contribution in [0.1, 0.15) is 5.56 Å². The Hall–Kier alpha value is -0.770. The number of rotatable bonds is 2. The number of methoxy groups -OCH3 is 1. The molecule has 4 heteroatoms. The third-order valence-corrected chi connectivity index (χ3v) is 2.11. The number of phenols is 1. The van der Waals surface area contributed by atoms with Crippen molar-refractivity contribution in [1.29, 1.82) is 0 Å². The SMILES string of the molecule is COc1cc(CBr)cc(F)c1O. The zero-order chi connectivity index (χ0) is 9.14. The molecule has 66 valence electrons. The predicted molar refractivity (Wildman–Crippen MR) is 47.2 cm³/mol. The Balaban J connectivity index is 3.19. The number of phenolic OH excluding ortho intramolecular Hbond substituents is 1. The molecule has 0 saturated heterocycles. The molecule has 1 N–H and O–H groups in total. The minimum absolute atomic E-state index is 0.157. The molecule has 0 radical (unpaired) electrons. The summed E-state index contributed by atoms with van der Waals surface area (Å²) >= 11 is 3.18. The Morgan fingerprint density at radius 2 is 2.25 bits per heavy atom. The van der Waals surface area contributed by atoms with Gasteiger partial charge in [-0.2, -0.15) is 0 Å². The van der Waals surface area contributed by atoms with E-state index in [1.54, 1.807) is 6.07 Å². The zero-order valence-corrected chi connectivity index (χ0v) is 8.06. The van der Waals surface area contributed by atoms with Crippen LogP contribution in [0.15, 0.2) is 12.1 Å². The Bertz CT molecular complexity index is 289. The van der Waals surface area contributed by atoms with Gasteiger partial charge in [-0.3, -0.25) is 0 Å². The molecule has 1 aromatic carbocycles. The first-order chi connectivity index (χ1) is 5.69. The maximum Gasteiger partial charge on any atom is 0.194 e. The smallest absolute Gasteiger partial charge is 0.194 e. The number of halogens is 2. The van der Waals surface area contributed by atoms with E-state index in [2.05, 4.69) is 15.9 Å². The van der Waals surface area contributed by atoms with E-state index in [1.807, 2.05) is 0 Å². The van der Waals surface area contributed by atoms with Crippen LogP contribution in [-0.4, -0.2) is 12.2 Å². The van der Waals surface area contributed by atoms with Gasteiger partial charge in [0.25, 0.3) is 0 Å². The van der Waals surface area contributed by atoms with Crippen molar-refractivity contribution in [1.82, 2.24) is 0 Å². The number of ether oxygens (including phenoxy) is 1. The molecule has 0 heterocycles. The Labute approximate surface area is 78.1 Å². The summed E-state index contributed by atoms with van der Waals surface area (Å²) in [6.45, 7) is 0. The van der Waals surface area contributed by atoms with Gasteiger partial charge in [-0.25, -0.2) is 4.39 Å². The Morgan fingerprint density at radius 3 is 2.75 bits per heavy atom. The van der Waals surface area contributed by atoms with E-state index in [0.29, 0.717) is 5.33 Å². The van der Waals surface area contributed by atoms with Gasteiger partial charge in [-0.05, 0) is 17.7 Å². The lowest BCUT2D eigenvalue weighted by molar-refractivity contribution is 0.356. The summed E-state index contributed by atoms with van der Waals surface area (Å²) in [4.78, 5) is 0. The molecule has 0 atom stereocenters. The molecule has 1 rings (SSSR count). The number of hydrogen-bond donors (Lipinski definition) is 1. The molecular formula is C8H8BrFO2. The topological polar surface area (TPSA) is 29.5 Å². The number of aromatic hydroxyl groups is 1. The van der Waals surface area contributed by atoms with Crippen molar-refractivity contribution in [2.45, 2.75) is 5.33 Å². The van der Waals surface area contributed by atoms with E-state index < -0.39 is 11.6 Å². The van der Waals surface area contributed by atoms with Gasteiger partial charge in [0.1, 0.15) is 0 Å². The fourth-order valence-corrected chi connectivity index (χ4v) is 1.18. The van der Waals surface area contributed by atoms with Crippen molar-refractivity contribution in [3.8, 4) is 11.5 Å².